The number of aromatic amines is 1. The Balaban J connectivity index is 2.18. The van der Waals surface area contributed by atoms with Crippen molar-refractivity contribution in [3.05, 3.63) is 65.6 Å². The van der Waals surface area contributed by atoms with E-state index in [2.05, 4.69) is 4.98 Å². The lowest BCUT2D eigenvalue weighted by atomic mass is 10.0. The molecule has 20 heavy (non-hydrogen) atoms. The zero-order valence-corrected chi connectivity index (χ0v) is 11.6. The molecular formula is C16H12FNOS. The van der Waals surface area contributed by atoms with Crippen LogP contribution in [0.2, 0.25) is 0 Å². The van der Waals surface area contributed by atoms with Gasteiger partial charge in [0.2, 0.25) is 0 Å². The highest BCUT2D eigenvalue weighted by Gasteiger charge is 2.18. The van der Waals surface area contributed by atoms with Crippen LogP contribution < -0.4 is 0 Å². The average Bonchev–Trinajstić information content (AvgIpc) is 2.92. The molecule has 0 aliphatic heterocycles. The van der Waals surface area contributed by atoms with Gasteiger partial charge >= 0.3 is 0 Å². The third kappa shape index (κ3) is 2.02. The summed E-state index contributed by atoms with van der Waals surface area (Å²) in [7, 11) is 0. The van der Waals surface area contributed by atoms with Crippen LogP contribution in [0.15, 0.2) is 53.6 Å². The Kier molecular flexibility index (Phi) is 3.32. The second-order valence-electron chi connectivity index (χ2n) is 4.39. The van der Waals surface area contributed by atoms with Gasteiger partial charge in [-0.1, -0.05) is 18.2 Å². The number of carbonyl (C=O) groups is 1. The van der Waals surface area contributed by atoms with Crippen LogP contribution in [0.5, 0.6) is 0 Å². The van der Waals surface area contributed by atoms with Gasteiger partial charge in [-0.2, -0.15) is 0 Å². The number of carbonyl (C=O) groups excluding carboxylic acids is 1. The maximum absolute atomic E-state index is 14.0. The number of aromatic nitrogens is 1. The molecule has 0 saturated heterocycles. The molecule has 0 radical (unpaired) electrons. The molecular weight excluding hydrogens is 273 g/mol. The standard InChI is InChI=1S/C16H12FNOS/c1-20-14-8-3-2-5-10(14)16(19)11-9-18-13-7-4-6-12(17)15(11)13/h2-9,18H,1H3. The van der Waals surface area contributed by atoms with E-state index in [1.807, 2.05) is 24.5 Å². The number of thioether (sulfide) groups is 1. The van der Waals surface area contributed by atoms with E-state index in [-0.39, 0.29) is 11.6 Å². The quantitative estimate of drug-likeness (QED) is 0.576. The van der Waals surface area contributed by atoms with E-state index in [4.69, 9.17) is 0 Å². The number of fused-ring (bicyclic) bond motifs is 1. The number of hydrogen-bond acceptors (Lipinski definition) is 2. The molecule has 100 valence electrons. The molecule has 4 heteroatoms. The molecule has 0 saturated carbocycles. The summed E-state index contributed by atoms with van der Waals surface area (Å²) in [5.74, 6) is -0.542. The van der Waals surface area contributed by atoms with Gasteiger partial charge in [-0.3, -0.25) is 4.79 Å². The van der Waals surface area contributed by atoms with E-state index in [1.165, 1.54) is 17.8 Å². The second-order valence-corrected chi connectivity index (χ2v) is 5.24. The monoisotopic (exact) mass is 285 g/mol. The molecule has 0 aliphatic rings. The minimum absolute atomic E-state index is 0.161. The normalized spacial score (nSPS) is 10.9. The van der Waals surface area contributed by atoms with Crippen LogP contribution in [0, 0.1) is 5.82 Å². The molecule has 2 aromatic carbocycles. The van der Waals surface area contributed by atoms with E-state index < -0.39 is 0 Å². The van der Waals surface area contributed by atoms with Gasteiger partial charge in [0.1, 0.15) is 5.82 Å². The van der Waals surface area contributed by atoms with E-state index in [0.717, 1.165) is 4.90 Å². The summed E-state index contributed by atoms with van der Waals surface area (Å²) >= 11 is 1.51. The van der Waals surface area contributed by atoms with Crippen molar-refractivity contribution >= 4 is 28.4 Å². The zero-order chi connectivity index (χ0) is 14.1. The fourth-order valence-corrected chi connectivity index (χ4v) is 2.89. The van der Waals surface area contributed by atoms with Gasteiger partial charge in [0.25, 0.3) is 0 Å². The Labute approximate surface area is 120 Å². The molecule has 0 unspecified atom stereocenters. The van der Waals surface area contributed by atoms with Crippen LogP contribution in [-0.4, -0.2) is 17.0 Å². The third-order valence-corrected chi connectivity index (χ3v) is 4.05. The first-order chi connectivity index (χ1) is 9.72. The summed E-state index contributed by atoms with van der Waals surface area (Å²) in [6.45, 7) is 0. The van der Waals surface area contributed by atoms with Gasteiger partial charge in [0.15, 0.2) is 5.78 Å². The maximum Gasteiger partial charge on any atom is 0.196 e. The number of benzene rings is 2. The van der Waals surface area contributed by atoms with E-state index in [0.29, 0.717) is 22.0 Å². The zero-order valence-electron chi connectivity index (χ0n) is 10.8. The topological polar surface area (TPSA) is 32.9 Å². The first kappa shape index (κ1) is 12.9. The lowest BCUT2D eigenvalue weighted by Crippen LogP contribution is -2.02. The van der Waals surface area contributed by atoms with Gasteiger partial charge < -0.3 is 4.98 Å². The summed E-state index contributed by atoms with van der Waals surface area (Å²) < 4.78 is 14.0. The molecule has 0 aliphatic carbocycles. The highest BCUT2D eigenvalue weighted by atomic mass is 32.2. The molecule has 3 rings (SSSR count). The molecule has 2 nitrogen and oxygen atoms in total. The van der Waals surface area contributed by atoms with E-state index in [1.54, 1.807) is 24.4 Å². The minimum Gasteiger partial charge on any atom is -0.360 e. The van der Waals surface area contributed by atoms with Crippen LogP contribution in [0.4, 0.5) is 4.39 Å². The van der Waals surface area contributed by atoms with Crippen molar-refractivity contribution in [2.75, 3.05) is 6.26 Å². The summed E-state index contributed by atoms with van der Waals surface area (Å²) in [6.07, 6.45) is 3.50. The number of hydrogen-bond donors (Lipinski definition) is 1. The number of halogens is 1. The van der Waals surface area contributed by atoms with Crippen molar-refractivity contribution in [3.8, 4) is 0 Å². The molecule has 0 bridgehead atoms. The molecule has 0 fully saturated rings. The van der Waals surface area contributed by atoms with Gasteiger partial charge in [-0.15, -0.1) is 11.8 Å². The molecule has 1 heterocycles. The summed E-state index contributed by atoms with van der Waals surface area (Å²) in [6, 6.07) is 12.1. The van der Waals surface area contributed by atoms with Crippen molar-refractivity contribution in [1.29, 1.82) is 0 Å². The Morgan fingerprint density at radius 3 is 2.70 bits per heavy atom. The predicted molar refractivity (Wildman–Crippen MR) is 79.9 cm³/mol. The molecule has 3 aromatic rings. The summed E-state index contributed by atoms with van der Waals surface area (Å²) in [5.41, 5.74) is 1.61. The van der Waals surface area contributed by atoms with Crippen molar-refractivity contribution in [3.63, 3.8) is 0 Å². The minimum atomic E-state index is -0.381. The average molecular weight is 285 g/mol. The van der Waals surface area contributed by atoms with Crippen molar-refractivity contribution in [2.45, 2.75) is 4.90 Å². The maximum atomic E-state index is 14.0. The number of nitrogens with one attached hydrogen (secondary N) is 1. The number of H-pyrrole nitrogens is 1. The third-order valence-electron chi connectivity index (χ3n) is 3.25. The van der Waals surface area contributed by atoms with Gasteiger partial charge in [-0.05, 0) is 30.5 Å². The fraction of sp³-hybridized carbons (Fsp3) is 0.0625. The largest absolute Gasteiger partial charge is 0.360 e. The van der Waals surface area contributed by atoms with E-state index >= 15 is 0 Å². The summed E-state index contributed by atoms with van der Waals surface area (Å²) in [5, 5.41) is 0.355. The van der Waals surface area contributed by atoms with Crippen molar-refractivity contribution in [2.24, 2.45) is 0 Å². The first-order valence-corrected chi connectivity index (χ1v) is 7.38. The van der Waals surface area contributed by atoms with E-state index in [9.17, 15) is 9.18 Å². The Morgan fingerprint density at radius 1 is 1.10 bits per heavy atom. The van der Waals surface area contributed by atoms with Crippen molar-refractivity contribution < 1.29 is 9.18 Å². The molecule has 0 spiro atoms. The predicted octanol–water partition coefficient (Wildman–Crippen LogP) is 4.26. The van der Waals surface area contributed by atoms with Crippen LogP contribution >= 0.6 is 11.8 Å². The smallest absolute Gasteiger partial charge is 0.196 e. The van der Waals surface area contributed by atoms with Gasteiger partial charge in [-0.25, -0.2) is 4.39 Å². The summed E-state index contributed by atoms with van der Waals surface area (Å²) in [4.78, 5) is 16.5. The van der Waals surface area contributed by atoms with Gasteiger partial charge in [0.05, 0.1) is 5.56 Å². The number of ketones is 1. The lowest BCUT2D eigenvalue weighted by Gasteiger charge is -2.05. The molecule has 0 atom stereocenters. The highest BCUT2D eigenvalue weighted by molar-refractivity contribution is 7.98. The molecule has 1 N–H and O–H groups in total. The lowest BCUT2D eigenvalue weighted by molar-refractivity contribution is 0.103. The first-order valence-electron chi connectivity index (χ1n) is 6.15. The second kappa shape index (κ2) is 5.13. The SMILES string of the molecule is CSc1ccccc1C(=O)c1c[nH]c2cccc(F)c12. The highest BCUT2D eigenvalue weighted by Crippen LogP contribution is 2.27. The van der Waals surface area contributed by atoms with Crippen LogP contribution in [0.1, 0.15) is 15.9 Å². The molecule has 1 aromatic heterocycles. The molecule has 0 amide bonds. The Bertz CT molecular complexity index is 794. The van der Waals surface area contributed by atoms with Crippen LogP contribution in [-0.2, 0) is 0 Å². The van der Waals surface area contributed by atoms with Crippen LogP contribution in [0.3, 0.4) is 0 Å². The van der Waals surface area contributed by atoms with Crippen molar-refractivity contribution in [1.82, 2.24) is 4.98 Å². The van der Waals surface area contributed by atoms with Gasteiger partial charge in [0, 0.05) is 27.6 Å². The van der Waals surface area contributed by atoms with Crippen LogP contribution in [0.25, 0.3) is 10.9 Å². The Morgan fingerprint density at radius 2 is 1.90 bits per heavy atom. The Hall–Kier alpha value is -2.07. The number of rotatable bonds is 3. The fourth-order valence-electron chi connectivity index (χ4n) is 2.30.